The Bertz CT molecular complexity index is 809. The number of halogens is 2. The standard InChI is InChI=1S/C15H12Cl2N4O2/c1-22-15(23-2)14(7-19)11(13(14,6-18)12(20)21-15)8-4-3-5-9(16)10(8)17/h3-5,11H,1-2H3,(H2,20,21)/t11-,13+,14+/m1/s1. The summed E-state index contributed by atoms with van der Waals surface area (Å²) in [4.78, 5) is 4.13. The summed E-state index contributed by atoms with van der Waals surface area (Å²) in [6, 6.07) is 9.32. The highest BCUT2D eigenvalue weighted by atomic mass is 35.5. The van der Waals surface area contributed by atoms with E-state index in [2.05, 4.69) is 17.1 Å². The summed E-state index contributed by atoms with van der Waals surface area (Å²) in [6.45, 7) is 0. The maximum Gasteiger partial charge on any atom is 0.292 e. The lowest BCUT2D eigenvalue weighted by molar-refractivity contribution is -0.230. The molecular formula is C15H12Cl2N4O2. The molecule has 0 saturated heterocycles. The monoisotopic (exact) mass is 350 g/mol. The molecule has 0 bridgehead atoms. The molecule has 6 nitrogen and oxygen atoms in total. The van der Waals surface area contributed by atoms with Gasteiger partial charge in [-0.15, -0.1) is 0 Å². The van der Waals surface area contributed by atoms with Crippen molar-refractivity contribution in [2.24, 2.45) is 21.6 Å². The van der Waals surface area contributed by atoms with E-state index in [0.717, 1.165) is 0 Å². The van der Waals surface area contributed by atoms with Crippen molar-refractivity contribution in [2.45, 2.75) is 11.8 Å². The second kappa shape index (κ2) is 4.83. The maximum atomic E-state index is 9.90. The van der Waals surface area contributed by atoms with Gasteiger partial charge in [-0.1, -0.05) is 35.3 Å². The first-order valence-electron chi connectivity index (χ1n) is 6.65. The molecule has 2 N–H and O–H groups in total. The van der Waals surface area contributed by atoms with Crippen LogP contribution in [0.1, 0.15) is 11.5 Å². The quantitative estimate of drug-likeness (QED) is 0.842. The molecule has 1 saturated carbocycles. The minimum atomic E-state index is -1.67. The molecule has 8 heteroatoms. The number of rotatable bonds is 3. The van der Waals surface area contributed by atoms with Crippen molar-refractivity contribution in [2.75, 3.05) is 14.2 Å². The highest BCUT2D eigenvalue weighted by molar-refractivity contribution is 6.42. The van der Waals surface area contributed by atoms with Gasteiger partial charge in [-0.05, 0) is 11.6 Å². The van der Waals surface area contributed by atoms with Gasteiger partial charge in [0.05, 0.1) is 22.2 Å². The average Bonchev–Trinajstić information content (AvgIpc) is 3.12. The summed E-state index contributed by atoms with van der Waals surface area (Å²) in [5.41, 5.74) is 3.74. The number of nitrogens with two attached hydrogens (primary N) is 1. The van der Waals surface area contributed by atoms with Crippen LogP contribution in [0.25, 0.3) is 0 Å². The first-order chi connectivity index (χ1) is 10.9. The molecule has 1 heterocycles. The lowest BCUT2D eigenvalue weighted by Gasteiger charge is -2.29. The Balaban J connectivity index is 2.30. The summed E-state index contributed by atoms with van der Waals surface area (Å²) in [7, 11) is 2.70. The molecule has 23 heavy (non-hydrogen) atoms. The number of ether oxygens (including phenoxy) is 2. The number of nitrogens with zero attached hydrogens (tertiary/aromatic N) is 3. The minimum Gasteiger partial charge on any atom is -0.386 e. The molecule has 1 aliphatic carbocycles. The first-order valence-corrected chi connectivity index (χ1v) is 7.40. The van der Waals surface area contributed by atoms with E-state index in [1.165, 1.54) is 14.2 Å². The topological polar surface area (TPSA) is 104 Å². The summed E-state index contributed by atoms with van der Waals surface area (Å²) in [6.07, 6.45) is 0. The van der Waals surface area contributed by atoms with Gasteiger partial charge < -0.3 is 15.2 Å². The van der Waals surface area contributed by atoms with E-state index in [-0.39, 0.29) is 10.9 Å². The van der Waals surface area contributed by atoms with Gasteiger partial charge in [0, 0.05) is 20.1 Å². The lowest BCUT2D eigenvalue weighted by Crippen LogP contribution is -2.41. The van der Waals surface area contributed by atoms with Gasteiger partial charge in [-0.2, -0.15) is 10.5 Å². The van der Waals surface area contributed by atoms with Crippen LogP contribution in [0.2, 0.25) is 10.0 Å². The Morgan fingerprint density at radius 2 is 1.87 bits per heavy atom. The molecule has 3 atom stereocenters. The maximum absolute atomic E-state index is 9.90. The highest BCUT2D eigenvalue weighted by Gasteiger charge is 2.93. The number of fused-ring (bicyclic) bond motifs is 1. The fraction of sp³-hybridized carbons (Fsp3) is 0.400. The van der Waals surface area contributed by atoms with Crippen molar-refractivity contribution < 1.29 is 9.47 Å². The van der Waals surface area contributed by atoms with Gasteiger partial charge in [-0.25, -0.2) is 4.99 Å². The predicted octanol–water partition coefficient (Wildman–Crippen LogP) is 2.43. The number of hydrogen-bond donors (Lipinski definition) is 1. The Kier molecular flexibility index (Phi) is 3.37. The van der Waals surface area contributed by atoms with Crippen molar-refractivity contribution in [3.8, 4) is 12.1 Å². The molecule has 0 aromatic heterocycles. The van der Waals surface area contributed by atoms with Crippen LogP contribution in [0, 0.1) is 33.5 Å². The van der Waals surface area contributed by atoms with Crippen LogP contribution >= 0.6 is 23.2 Å². The van der Waals surface area contributed by atoms with E-state index in [1.807, 2.05) is 0 Å². The Labute approximate surface area is 143 Å². The summed E-state index contributed by atoms with van der Waals surface area (Å²) in [5, 5.41) is 20.3. The highest BCUT2D eigenvalue weighted by Crippen LogP contribution is 2.82. The summed E-state index contributed by atoms with van der Waals surface area (Å²) >= 11 is 12.4. The van der Waals surface area contributed by atoms with Gasteiger partial charge in [0.15, 0.2) is 5.41 Å². The smallest absolute Gasteiger partial charge is 0.292 e. The van der Waals surface area contributed by atoms with Crippen LogP contribution in [0.4, 0.5) is 0 Å². The number of methoxy groups -OCH3 is 2. The lowest BCUT2D eigenvalue weighted by atomic mass is 9.93. The number of aliphatic imine (C=N–C) groups is 1. The minimum absolute atomic E-state index is 0.00806. The molecule has 118 valence electrons. The molecule has 3 rings (SSSR count). The Morgan fingerprint density at radius 3 is 2.39 bits per heavy atom. The van der Waals surface area contributed by atoms with Crippen LogP contribution < -0.4 is 5.73 Å². The van der Waals surface area contributed by atoms with Crippen molar-refractivity contribution in [3.05, 3.63) is 33.8 Å². The van der Waals surface area contributed by atoms with Gasteiger partial charge in [0.2, 0.25) is 0 Å². The van der Waals surface area contributed by atoms with E-state index in [9.17, 15) is 10.5 Å². The van der Waals surface area contributed by atoms with Gasteiger partial charge in [0.25, 0.3) is 5.91 Å². The molecule has 2 aliphatic rings. The van der Waals surface area contributed by atoms with Crippen LogP contribution in [0.5, 0.6) is 0 Å². The van der Waals surface area contributed by atoms with E-state index in [0.29, 0.717) is 10.6 Å². The Hall–Kier alpha value is -1.83. The molecule has 0 unspecified atom stereocenters. The molecule has 1 fully saturated rings. The van der Waals surface area contributed by atoms with Crippen molar-refractivity contribution >= 4 is 29.0 Å². The van der Waals surface area contributed by atoms with E-state index < -0.39 is 22.7 Å². The fourth-order valence-electron chi connectivity index (χ4n) is 3.73. The summed E-state index contributed by atoms with van der Waals surface area (Å²) in [5.74, 6) is -2.34. The van der Waals surface area contributed by atoms with Crippen LogP contribution in [0.3, 0.4) is 0 Å². The zero-order valence-electron chi connectivity index (χ0n) is 12.3. The molecule has 0 radical (unpaired) electrons. The molecule has 0 spiro atoms. The van der Waals surface area contributed by atoms with Crippen LogP contribution in [-0.4, -0.2) is 26.0 Å². The second-order valence-corrected chi connectivity index (χ2v) is 6.19. The van der Waals surface area contributed by atoms with E-state index in [4.69, 9.17) is 38.4 Å². The van der Waals surface area contributed by atoms with Gasteiger partial charge in [0.1, 0.15) is 11.3 Å². The molecular weight excluding hydrogens is 339 g/mol. The summed E-state index contributed by atoms with van der Waals surface area (Å²) < 4.78 is 10.8. The normalized spacial score (nSPS) is 33.3. The van der Waals surface area contributed by atoms with Crippen molar-refractivity contribution in [1.29, 1.82) is 10.5 Å². The molecule has 0 amide bonds. The SMILES string of the molecule is COC1(OC)N=C(N)[C@]2(C#N)[C@@H](c3cccc(Cl)c3Cl)[C@]12C#N. The number of nitriles is 2. The second-order valence-electron chi connectivity index (χ2n) is 5.40. The van der Waals surface area contributed by atoms with Crippen LogP contribution in [0.15, 0.2) is 23.2 Å². The predicted molar refractivity (Wildman–Crippen MR) is 83.7 cm³/mol. The van der Waals surface area contributed by atoms with Crippen molar-refractivity contribution in [1.82, 2.24) is 0 Å². The largest absolute Gasteiger partial charge is 0.386 e. The number of hydrogen-bond acceptors (Lipinski definition) is 6. The Morgan fingerprint density at radius 1 is 1.22 bits per heavy atom. The van der Waals surface area contributed by atoms with Crippen LogP contribution in [-0.2, 0) is 9.47 Å². The van der Waals surface area contributed by atoms with Crippen molar-refractivity contribution in [3.63, 3.8) is 0 Å². The zero-order chi connectivity index (χ0) is 17.0. The van der Waals surface area contributed by atoms with E-state index >= 15 is 0 Å². The fourth-order valence-corrected chi connectivity index (χ4v) is 4.15. The third-order valence-corrected chi connectivity index (χ3v) is 5.61. The van der Waals surface area contributed by atoms with E-state index in [1.54, 1.807) is 18.2 Å². The van der Waals surface area contributed by atoms with Gasteiger partial charge in [-0.3, -0.25) is 0 Å². The zero-order valence-corrected chi connectivity index (χ0v) is 13.8. The molecule has 1 aromatic rings. The molecule has 1 aliphatic heterocycles. The number of benzene rings is 1. The third-order valence-electron chi connectivity index (χ3n) is 4.77. The first kappa shape index (κ1) is 16.0. The number of amidine groups is 1. The average molecular weight is 351 g/mol. The molecule has 1 aromatic carbocycles. The van der Waals surface area contributed by atoms with Gasteiger partial charge >= 0.3 is 0 Å². The third kappa shape index (κ3) is 1.48.